The second-order valence-corrected chi connectivity index (χ2v) is 8.85. The minimum atomic E-state index is 0.0573. The Bertz CT molecular complexity index is 787. The van der Waals surface area contributed by atoms with E-state index in [0.29, 0.717) is 5.41 Å². The Balaban J connectivity index is 1.40. The average molecular weight is 334 g/mol. The number of hydrogen-bond donors (Lipinski definition) is 1. The molecule has 4 aliphatic rings. The molecule has 0 aliphatic heterocycles. The number of fused-ring (bicyclic) bond motifs is 1. The fraction of sp³-hybridized carbons (Fsp3) is 0.545. The zero-order valence-corrected chi connectivity index (χ0v) is 14.9. The van der Waals surface area contributed by atoms with Crippen LogP contribution < -0.4 is 5.32 Å². The third-order valence-corrected chi connectivity index (χ3v) is 7.24. The van der Waals surface area contributed by atoms with Crippen LogP contribution in [0.1, 0.15) is 55.8 Å². The molecule has 4 fully saturated rings. The van der Waals surface area contributed by atoms with Crippen LogP contribution >= 0.6 is 0 Å². The summed E-state index contributed by atoms with van der Waals surface area (Å²) in [6.45, 7) is 2.24. The number of carbonyl (C=O) groups is 1. The lowest BCUT2D eigenvalue weighted by Crippen LogP contribution is -2.55. The maximum atomic E-state index is 13.0. The van der Waals surface area contributed by atoms with E-state index in [2.05, 4.69) is 17.2 Å². The highest BCUT2D eigenvalue weighted by Gasteiger charge is 2.53. The Morgan fingerprint density at radius 2 is 1.76 bits per heavy atom. The lowest BCUT2D eigenvalue weighted by molar-refractivity contribution is -0.0687. The van der Waals surface area contributed by atoms with E-state index < -0.39 is 0 Å². The number of pyridine rings is 1. The highest BCUT2D eigenvalue weighted by molar-refractivity contribution is 6.06. The number of benzene rings is 1. The normalized spacial score (nSPS) is 34.2. The average Bonchev–Trinajstić information content (AvgIpc) is 2.60. The maximum Gasteiger partial charge on any atom is 0.252 e. The number of nitrogens with zero attached hydrogens (tertiary/aromatic N) is 1. The molecule has 25 heavy (non-hydrogen) atoms. The Hall–Kier alpha value is -1.90. The summed E-state index contributed by atoms with van der Waals surface area (Å²) in [4.78, 5) is 17.4. The monoisotopic (exact) mass is 334 g/mol. The van der Waals surface area contributed by atoms with Crippen LogP contribution in [0, 0.1) is 23.2 Å². The van der Waals surface area contributed by atoms with E-state index in [4.69, 9.17) is 0 Å². The van der Waals surface area contributed by atoms with Crippen molar-refractivity contribution in [2.24, 2.45) is 23.2 Å². The largest absolute Gasteiger partial charge is 0.349 e. The Morgan fingerprint density at radius 1 is 1.08 bits per heavy atom. The number of aromatic nitrogens is 1. The molecular formula is C22H26N2O. The van der Waals surface area contributed by atoms with Crippen molar-refractivity contribution in [3.63, 3.8) is 0 Å². The van der Waals surface area contributed by atoms with Crippen molar-refractivity contribution < 1.29 is 4.79 Å². The zero-order chi connectivity index (χ0) is 17.0. The van der Waals surface area contributed by atoms with E-state index in [1.807, 2.05) is 30.3 Å². The number of rotatable bonds is 3. The van der Waals surface area contributed by atoms with Crippen LogP contribution in [0.5, 0.6) is 0 Å². The highest BCUT2D eigenvalue weighted by atomic mass is 16.1. The first-order valence-corrected chi connectivity index (χ1v) is 9.77. The second kappa shape index (κ2) is 5.55. The van der Waals surface area contributed by atoms with Gasteiger partial charge in [0, 0.05) is 23.2 Å². The predicted octanol–water partition coefficient (Wildman–Crippen LogP) is 4.57. The third-order valence-electron chi connectivity index (χ3n) is 7.24. The summed E-state index contributed by atoms with van der Waals surface area (Å²) in [6, 6.07) is 9.97. The van der Waals surface area contributed by atoms with Gasteiger partial charge in [0.2, 0.25) is 0 Å². The van der Waals surface area contributed by atoms with Crippen LogP contribution in [0.25, 0.3) is 10.9 Å². The van der Waals surface area contributed by atoms with Crippen molar-refractivity contribution in [3.05, 3.63) is 42.1 Å². The first-order valence-electron chi connectivity index (χ1n) is 9.77. The number of hydrogen-bond acceptors (Lipinski definition) is 2. The quantitative estimate of drug-likeness (QED) is 0.893. The number of amides is 1. The van der Waals surface area contributed by atoms with Gasteiger partial charge in [0.05, 0.1) is 5.52 Å². The van der Waals surface area contributed by atoms with Crippen LogP contribution in [0.2, 0.25) is 0 Å². The van der Waals surface area contributed by atoms with Gasteiger partial charge < -0.3 is 5.32 Å². The van der Waals surface area contributed by atoms with Gasteiger partial charge in [-0.3, -0.25) is 9.78 Å². The van der Waals surface area contributed by atoms with Gasteiger partial charge in [0.1, 0.15) is 0 Å². The lowest BCUT2D eigenvalue weighted by atomic mass is 9.48. The highest BCUT2D eigenvalue weighted by Crippen LogP contribution is 2.61. The van der Waals surface area contributed by atoms with Crippen LogP contribution in [-0.4, -0.2) is 16.9 Å². The molecule has 1 N–H and O–H groups in total. The number of nitrogens with one attached hydrogen (secondary N) is 1. The van der Waals surface area contributed by atoms with Crippen molar-refractivity contribution >= 4 is 16.8 Å². The maximum absolute atomic E-state index is 13.0. The molecule has 0 saturated heterocycles. The zero-order valence-electron chi connectivity index (χ0n) is 14.9. The van der Waals surface area contributed by atoms with Crippen LogP contribution in [0.4, 0.5) is 0 Å². The Morgan fingerprint density at radius 3 is 2.44 bits per heavy atom. The fourth-order valence-corrected chi connectivity index (χ4v) is 6.44. The van der Waals surface area contributed by atoms with Crippen molar-refractivity contribution in [2.75, 3.05) is 0 Å². The Kier molecular flexibility index (Phi) is 3.41. The van der Waals surface area contributed by atoms with E-state index in [9.17, 15) is 4.79 Å². The van der Waals surface area contributed by atoms with E-state index in [1.54, 1.807) is 6.20 Å². The van der Waals surface area contributed by atoms with Crippen LogP contribution in [0.3, 0.4) is 0 Å². The summed E-state index contributed by atoms with van der Waals surface area (Å²) in [5, 5.41) is 4.32. The molecule has 4 aliphatic carbocycles. The van der Waals surface area contributed by atoms with Gasteiger partial charge in [-0.1, -0.05) is 12.1 Å². The molecule has 4 saturated carbocycles. The molecule has 1 unspecified atom stereocenters. The Labute approximate surface area is 149 Å². The van der Waals surface area contributed by atoms with Crippen molar-refractivity contribution in [3.8, 4) is 0 Å². The van der Waals surface area contributed by atoms with Crippen molar-refractivity contribution in [1.82, 2.24) is 10.3 Å². The van der Waals surface area contributed by atoms with Gasteiger partial charge in [-0.15, -0.1) is 0 Å². The number of carbonyl (C=O) groups excluding carboxylic acids is 1. The van der Waals surface area contributed by atoms with Gasteiger partial charge >= 0.3 is 0 Å². The second-order valence-electron chi connectivity index (χ2n) is 8.85. The molecule has 1 atom stereocenters. The molecule has 2 aromatic rings. The smallest absolute Gasteiger partial charge is 0.252 e. The molecule has 130 valence electrons. The fourth-order valence-electron chi connectivity index (χ4n) is 6.44. The van der Waals surface area contributed by atoms with E-state index in [-0.39, 0.29) is 11.9 Å². The molecule has 1 heterocycles. The summed E-state index contributed by atoms with van der Waals surface area (Å²) in [5.41, 5.74) is 1.98. The summed E-state index contributed by atoms with van der Waals surface area (Å²) < 4.78 is 0. The topological polar surface area (TPSA) is 42.0 Å². The summed E-state index contributed by atoms with van der Waals surface area (Å²) in [5.74, 6) is 2.79. The minimum absolute atomic E-state index is 0.0573. The minimum Gasteiger partial charge on any atom is -0.349 e. The van der Waals surface area contributed by atoms with Gasteiger partial charge in [-0.2, -0.15) is 0 Å². The first-order chi connectivity index (χ1) is 12.1. The summed E-state index contributed by atoms with van der Waals surface area (Å²) in [6.07, 6.45) is 10.0. The molecule has 0 radical (unpaired) electrons. The molecule has 0 spiro atoms. The molecule has 6 rings (SSSR count). The van der Waals surface area contributed by atoms with Gasteiger partial charge in [-0.05, 0) is 86.8 Å². The van der Waals surface area contributed by atoms with Gasteiger partial charge in [0.25, 0.3) is 5.91 Å². The van der Waals surface area contributed by atoms with Crippen molar-refractivity contribution in [1.29, 1.82) is 0 Å². The van der Waals surface area contributed by atoms with Gasteiger partial charge in [-0.25, -0.2) is 0 Å². The van der Waals surface area contributed by atoms with Gasteiger partial charge in [0.15, 0.2) is 0 Å². The molecule has 1 amide bonds. The SMILES string of the molecule is CC(NC(=O)c1cccc2ncccc12)C12CC3CC(CC(C3)C1)C2. The van der Waals surface area contributed by atoms with Crippen LogP contribution in [0.15, 0.2) is 36.5 Å². The molecule has 1 aromatic carbocycles. The summed E-state index contributed by atoms with van der Waals surface area (Å²) in [7, 11) is 0. The first kappa shape index (κ1) is 15.4. The van der Waals surface area contributed by atoms with Crippen LogP contribution in [-0.2, 0) is 0 Å². The lowest BCUT2D eigenvalue weighted by Gasteiger charge is -2.59. The molecule has 3 nitrogen and oxygen atoms in total. The molecule has 1 aromatic heterocycles. The molecular weight excluding hydrogens is 308 g/mol. The third kappa shape index (κ3) is 2.47. The van der Waals surface area contributed by atoms with Crippen molar-refractivity contribution in [2.45, 2.75) is 51.5 Å². The molecule has 3 heteroatoms. The predicted molar refractivity (Wildman–Crippen MR) is 99.3 cm³/mol. The van der Waals surface area contributed by atoms with E-state index in [0.717, 1.165) is 34.2 Å². The van der Waals surface area contributed by atoms with E-state index >= 15 is 0 Å². The molecule has 4 bridgehead atoms. The standard InChI is InChI=1S/C22H26N2O/c1-14(22-11-15-8-16(12-22)10-17(9-15)13-22)24-21(25)19-4-2-6-20-18(19)5-3-7-23-20/h2-7,14-17H,8-13H2,1H3,(H,24,25). The van der Waals surface area contributed by atoms with E-state index in [1.165, 1.54) is 38.5 Å². The summed E-state index contributed by atoms with van der Waals surface area (Å²) >= 11 is 0.